The molecule has 0 saturated carbocycles. The first-order valence-corrected chi connectivity index (χ1v) is 7.76. The Morgan fingerprint density at radius 3 is 2.88 bits per heavy atom. The second-order valence-electron chi connectivity index (χ2n) is 4.51. The van der Waals surface area contributed by atoms with Gasteiger partial charge >= 0.3 is 0 Å². The Kier molecular flexibility index (Phi) is 4.39. The third kappa shape index (κ3) is 3.18. The van der Waals surface area contributed by atoms with Gasteiger partial charge in [-0.05, 0) is 24.6 Å². The van der Waals surface area contributed by atoms with Crippen LogP contribution in [-0.2, 0) is 0 Å². The monoisotopic (exact) mass is 315 g/mol. The predicted molar refractivity (Wildman–Crippen MR) is 78.9 cm³/mol. The van der Waals surface area contributed by atoms with E-state index in [4.69, 9.17) is 0 Å². The number of hydrogen-bond acceptors (Lipinski definition) is 3. The minimum atomic E-state index is -0.422. The Morgan fingerprint density at radius 1 is 1.53 bits per heavy atom. The van der Waals surface area contributed by atoms with Gasteiger partial charge in [0.15, 0.2) is 0 Å². The van der Waals surface area contributed by atoms with Gasteiger partial charge in [0.25, 0.3) is 0 Å². The third-order valence-electron chi connectivity index (χ3n) is 3.04. The van der Waals surface area contributed by atoms with E-state index in [1.165, 1.54) is 11.4 Å². The van der Waals surface area contributed by atoms with Crippen LogP contribution in [0.15, 0.2) is 22.7 Å². The first kappa shape index (κ1) is 13.2. The van der Waals surface area contributed by atoms with Crippen LogP contribution >= 0.6 is 27.7 Å². The van der Waals surface area contributed by atoms with E-state index in [9.17, 15) is 5.11 Å². The largest absolute Gasteiger partial charge is 0.389 e. The van der Waals surface area contributed by atoms with Crippen molar-refractivity contribution < 1.29 is 5.11 Å². The van der Waals surface area contributed by atoms with Crippen molar-refractivity contribution in [3.8, 4) is 0 Å². The molecular weight excluding hydrogens is 298 g/mol. The lowest BCUT2D eigenvalue weighted by molar-refractivity contribution is 0.198. The summed E-state index contributed by atoms with van der Waals surface area (Å²) in [5, 5.41) is 10.3. The summed E-state index contributed by atoms with van der Waals surface area (Å²) in [4.78, 5) is 2.41. The van der Waals surface area contributed by atoms with Gasteiger partial charge in [-0.25, -0.2) is 0 Å². The van der Waals surface area contributed by atoms with E-state index in [1.807, 2.05) is 17.8 Å². The number of aliphatic hydroxyl groups is 1. The Bertz CT molecular complexity index is 397. The standard InChI is InChI=1S/C13H18BrNOS/c1-9-8-15(5-6-17-9)11-3-4-12(10(2)16)13(14)7-11/h3-4,7,9-10,16H,5-6,8H2,1-2H3/t9?,10-/m1/s1. The first-order chi connectivity index (χ1) is 8.08. The number of hydrogen-bond donors (Lipinski definition) is 1. The molecule has 2 rings (SSSR count). The summed E-state index contributed by atoms with van der Waals surface area (Å²) < 4.78 is 0.996. The summed E-state index contributed by atoms with van der Waals surface area (Å²) in [5.41, 5.74) is 2.20. The lowest BCUT2D eigenvalue weighted by Gasteiger charge is -2.32. The quantitative estimate of drug-likeness (QED) is 0.904. The fourth-order valence-corrected chi connectivity index (χ4v) is 3.82. The van der Waals surface area contributed by atoms with E-state index in [1.54, 1.807) is 6.92 Å². The average molecular weight is 316 g/mol. The van der Waals surface area contributed by atoms with E-state index in [0.29, 0.717) is 5.25 Å². The summed E-state index contributed by atoms with van der Waals surface area (Å²) >= 11 is 5.57. The first-order valence-electron chi connectivity index (χ1n) is 5.92. The van der Waals surface area contributed by atoms with E-state index in [2.05, 4.69) is 39.9 Å². The number of rotatable bonds is 2. The molecule has 4 heteroatoms. The van der Waals surface area contributed by atoms with Crippen LogP contribution in [0.4, 0.5) is 5.69 Å². The lowest BCUT2D eigenvalue weighted by atomic mass is 10.1. The highest BCUT2D eigenvalue weighted by molar-refractivity contribution is 9.10. The third-order valence-corrected chi connectivity index (χ3v) is 4.86. The highest BCUT2D eigenvalue weighted by Gasteiger charge is 2.18. The van der Waals surface area contributed by atoms with E-state index >= 15 is 0 Å². The van der Waals surface area contributed by atoms with Crippen molar-refractivity contribution in [3.05, 3.63) is 28.2 Å². The van der Waals surface area contributed by atoms with Crippen LogP contribution in [0.1, 0.15) is 25.5 Å². The van der Waals surface area contributed by atoms with Crippen LogP contribution in [0.2, 0.25) is 0 Å². The molecule has 0 bridgehead atoms. The Hall–Kier alpha value is -0.190. The predicted octanol–water partition coefficient (Wildman–Crippen LogP) is 3.44. The number of anilines is 1. The maximum absolute atomic E-state index is 9.60. The van der Waals surface area contributed by atoms with Crippen molar-refractivity contribution >= 4 is 33.4 Å². The second-order valence-corrected chi connectivity index (χ2v) is 6.91. The van der Waals surface area contributed by atoms with Gasteiger partial charge in [0.05, 0.1) is 6.10 Å². The molecule has 1 aliphatic heterocycles. The van der Waals surface area contributed by atoms with E-state index in [0.717, 1.165) is 23.1 Å². The molecule has 1 aromatic rings. The SMILES string of the molecule is CC1CN(c2ccc([C@@H](C)O)c(Br)c2)CCS1. The molecule has 0 radical (unpaired) electrons. The Labute approximate surface area is 116 Å². The van der Waals surface area contributed by atoms with Gasteiger partial charge in [0.2, 0.25) is 0 Å². The number of nitrogens with zero attached hydrogens (tertiary/aromatic N) is 1. The number of aliphatic hydroxyl groups excluding tert-OH is 1. The average Bonchev–Trinajstić information content (AvgIpc) is 2.28. The smallest absolute Gasteiger partial charge is 0.0772 e. The van der Waals surface area contributed by atoms with Crippen LogP contribution in [-0.4, -0.2) is 29.2 Å². The van der Waals surface area contributed by atoms with E-state index < -0.39 is 6.10 Å². The normalized spacial score (nSPS) is 22.6. The van der Waals surface area contributed by atoms with Crippen LogP contribution in [0, 0.1) is 0 Å². The van der Waals surface area contributed by atoms with E-state index in [-0.39, 0.29) is 0 Å². The molecule has 1 saturated heterocycles. The number of thioether (sulfide) groups is 1. The molecule has 0 aliphatic carbocycles. The van der Waals surface area contributed by atoms with Gasteiger partial charge in [-0.15, -0.1) is 0 Å². The molecule has 0 amide bonds. The zero-order chi connectivity index (χ0) is 12.4. The van der Waals surface area contributed by atoms with Crippen LogP contribution in [0.3, 0.4) is 0 Å². The van der Waals surface area contributed by atoms with Crippen molar-refractivity contribution in [2.45, 2.75) is 25.2 Å². The Balaban J connectivity index is 2.19. The van der Waals surface area contributed by atoms with Gasteiger partial charge in [0, 0.05) is 34.3 Å². The summed E-state index contributed by atoms with van der Waals surface area (Å²) in [6, 6.07) is 6.23. The fourth-order valence-electron chi connectivity index (χ4n) is 2.10. The van der Waals surface area contributed by atoms with Gasteiger partial charge in [-0.3, -0.25) is 0 Å². The molecule has 17 heavy (non-hydrogen) atoms. The minimum Gasteiger partial charge on any atom is -0.389 e. The zero-order valence-electron chi connectivity index (χ0n) is 10.2. The van der Waals surface area contributed by atoms with Gasteiger partial charge < -0.3 is 10.0 Å². The molecule has 2 atom stereocenters. The molecule has 94 valence electrons. The molecule has 1 aromatic carbocycles. The molecular formula is C13H18BrNOS. The molecule has 0 spiro atoms. The molecule has 0 aromatic heterocycles. The van der Waals surface area contributed by atoms with Crippen LogP contribution in [0.25, 0.3) is 0 Å². The maximum Gasteiger partial charge on any atom is 0.0772 e. The summed E-state index contributed by atoms with van der Waals surface area (Å²) in [6.07, 6.45) is -0.422. The molecule has 1 unspecified atom stereocenters. The maximum atomic E-state index is 9.60. The summed E-state index contributed by atoms with van der Waals surface area (Å²) in [7, 11) is 0. The van der Waals surface area contributed by atoms with Crippen molar-refractivity contribution in [3.63, 3.8) is 0 Å². The van der Waals surface area contributed by atoms with Crippen LogP contribution < -0.4 is 4.90 Å². The molecule has 2 nitrogen and oxygen atoms in total. The summed E-state index contributed by atoms with van der Waals surface area (Å²) in [6.45, 7) is 6.27. The summed E-state index contributed by atoms with van der Waals surface area (Å²) in [5.74, 6) is 1.19. The molecule has 1 heterocycles. The zero-order valence-corrected chi connectivity index (χ0v) is 12.6. The lowest BCUT2D eigenvalue weighted by Crippen LogP contribution is -2.36. The number of benzene rings is 1. The molecule has 1 aliphatic rings. The highest BCUT2D eigenvalue weighted by atomic mass is 79.9. The van der Waals surface area contributed by atoms with Gasteiger partial charge in [0.1, 0.15) is 0 Å². The van der Waals surface area contributed by atoms with Gasteiger partial charge in [-0.2, -0.15) is 11.8 Å². The molecule has 1 fully saturated rings. The topological polar surface area (TPSA) is 23.5 Å². The second kappa shape index (κ2) is 5.63. The fraction of sp³-hybridized carbons (Fsp3) is 0.538. The van der Waals surface area contributed by atoms with Crippen LogP contribution in [0.5, 0.6) is 0 Å². The van der Waals surface area contributed by atoms with Crippen molar-refractivity contribution in [1.82, 2.24) is 0 Å². The van der Waals surface area contributed by atoms with Gasteiger partial charge in [-0.1, -0.05) is 28.9 Å². The Morgan fingerprint density at radius 2 is 2.29 bits per heavy atom. The minimum absolute atomic E-state index is 0.422. The number of halogens is 1. The van der Waals surface area contributed by atoms with Crippen molar-refractivity contribution in [2.24, 2.45) is 0 Å². The highest BCUT2D eigenvalue weighted by Crippen LogP contribution is 2.30. The van der Waals surface area contributed by atoms with Crippen molar-refractivity contribution in [2.75, 3.05) is 23.7 Å². The van der Waals surface area contributed by atoms with Crippen molar-refractivity contribution in [1.29, 1.82) is 0 Å². The molecule has 1 N–H and O–H groups in total.